The molecule has 0 bridgehead atoms. The van der Waals surface area contributed by atoms with Crippen LogP contribution in [0.25, 0.3) is 0 Å². The molecule has 0 fully saturated rings. The minimum absolute atomic E-state index is 0.611. The molecule has 0 aliphatic rings. The van der Waals surface area contributed by atoms with Gasteiger partial charge in [0.2, 0.25) is 0 Å². The second-order valence-electron chi connectivity index (χ2n) is 4.62. The average molecular weight is 220 g/mol. The van der Waals surface area contributed by atoms with Crippen LogP contribution in [-0.2, 0) is 4.79 Å². The van der Waals surface area contributed by atoms with Crippen molar-refractivity contribution >= 4 is 6.29 Å². The molecule has 0 aromatic heterocycles. The zero-order valence-electron chi connectivity index (χ0n) is 11.0. The molecule has 0 aromatic rings. The Morgan fingerprint density at radius 3 is 2.50 bits per heavy atom. The van der Waals surface area contributed by atoms with E-state index in [1.54, 1.807) is 6.08 Å². The molecule has 0 heterocycles. The fraction of sp³-hybridized carbons (Fsp3) is 0.533. The van der Waals surface area contributed by atoms with E-state index in [1.165, 1.54) is 12.0 Å². The summed E-state index contributed by atoms with van der Waals surface area (Å²) in [7, 11) is 0. The van der Waals surface area contributed by atoms with Gasteiger partial charge in [-0.1, -0.05) is 36.3 Å². The Balaban J connectivity index is 3.82. The Hall–Kier alpha value is -1.11. The van der Waals surface area contributed by atoms with Crippen molar-refractivity contribution in [2.45, 2.75) is 47.0 Å². The van der Waals surface area contributed by atoms with E-state index < -0.39 is 0 Å². The van der Waals surface area contributed by atoms with Crippen LogP contribution in [0.2, 0.25) is 0 Å². The molecule has 0 amide bonds. The Morgan fingerprint density at radius 2 is 1.94 bits per heavy atom. The summed E-state index contributed by atoms with van der Waals surface area (Å²) in [5.74, 6) is 0.611. The molecule has 0 spiro atoms. The van der Waals surface area contributed by atoms with Crippen molar-refractivity contribution < 1.29 is 4.79 Å². The van der Waals surface area contributed by atoms with Gasteiger partial charge in [0.25, 0.3) is 0 Å². The standard InChI is InChI=1S/C15H24O/c1-13(2)7-5-8-14(3)9-6-10-15(4)11-12-16/h6-7,9,11-12,14H,5,8,10H2,1-4H3/b9-6+,15-11+. The molecule has 0 aromatic carbocycles. The van der Waals surface area contributed by atoms with Gasteiger partial charge in [0.1, 0.15) is 6.29 Å². The summed E-state index contributed by atoms with van der Waals surface area (Å²) in [4.78, 5) is 10.2. The Morgan fingerprint density at radius 1 is 1.25 bits per heavy atom. The first-order valence-electron chi connectivity index (χ1n) is 5.97. The van der Waals surface area contributed by atoms with Crippen LogP contribution in [0.4, 0.5) is 0 Å². The quantitative estimate of drug-likeness (QED) is 0.352. The summed E-state index contributed by atoms with van der Waals surface area (Å²) in [5.41, 5.74) is 2.50. The highest BCUT2D eigenvalue weighted by Crippen LogP contribution is 2.10. The van der Waals surface area contributed by atoms with Gasteiger partial charge in [-0.2, -0.15) is 0 Å². The molecule has 0 N–H and O–H groups in total. The third-order valence-corrected chi connectivity index (χ3v) is 2.43. The number of carbonyl (C=O) groups is 1. The third kappa shape index (κ3) is 9.45. The van der Waals surface area contributed by atoms with Gasteiger partial charge in [0, 0.05) is 0 Å². The van der Waals surface area contributed by atoms with E-state index in [2.05, 4.69) is 39.0 Å². The largest absolute Gasteiger partial charge is 0.299 e. The summed E-state index contributed by atoms with van der Waals surface area (Å²) in [6, 6.07) is 0. The van der Waals surface area contributed by atoms with Gasteiger partial charge in [0.05, 0.1) is 0 Å². The minimum atomic E-state index is 0.611. The maximum absolute atomic E-state index is 10.2. The minimum Gasteiger partial charge on any atom is -0.299 e. The van der Waals surface area contributed by atoms with Gasteiger partial charge in [-0.25, -0.2) is 0 Å². The molecule has 90 valence electrons. The second kappa shape index (κ2) is 9.14. The monoisotopic (exact) mass is 220 g/mol. The van der Waals surface area contributed by atoms with Gasteiger partial charge in [-0.05, 0) is 52.0 Å². The number of carbonyl (C=O) groups excluding carboxylic acids is 1. The summed E-state index contributed by atoms with van der Waals surface area (Å²) < 4.78 is 0. The van der Waals surface area contributed by atoms with E-state index in [0.717, 1.165) is 24.7 Å². The summed E-state index contributed by atoms with van der Waals surface area (Å²) in [5, 5.41) is 0. The van der Waals surface area contributed by atoms with Crippen molar-refractivity contribution in [2.24, 2.45) is 5.92 Å². The van der Waals surface area contributed by atoms with Gasteiger partial charge in [0.15, 0.2) is 0 Å². The van der Waals surface area contributed by atoms with E-state index >= 15 is 0 Å². The van der Waals surface area contributed by atoms with E-state index in [4.69, 9.17) is 0 Å². The first-order chi connectivity index (χ1) is 7.56. The zero-order valence-corrected chi connectivity index (χ0v) is 11.0. The smallest absolute Gasteiger partial charge is 0.142 e. The van der Waals surface area contributed by atoms with Gasteiger partial charge >= 0.3 is 0 Å². The molecule has 1 nitrogen and oxygen atoms in total. The Bertz CT molecular complexity index is 278. The van der Waals surface area contributed by atoms with Gasteiger partial charge < -0.3 is 0 Å². The molecule has 1 unspecified atom stereocenters. The topological polar surface area (TPSA) is 17.1 Å². The number of hydrogen-bond donors (Lipinski definition) is 0. The first-order valence-corrected chi connectivity index (χ1v) is 5.97. The number of hydrogen-bond acceptors (Lipinski definition) is 1. The van der Waals surface area contributed by atoms with Crippen molar-refractivity contribution in [1.82, 2.24) is 0 Å². The lowest BCUT2D eigenvalue weighted by atomic mass is 10.0. The highest BCUT2D eigenvalue weighted by atomic mass is 16.1. The molecule has 0 aliphatic carbocycles. The molecule has 0 saturated heterocycles. The zero-order chi connectivity index (χ0) is 12.4. The maximum Gasteiger partial charge on any atom is 0.142 e. The molecule has 1 heteroatoms. The van der Waals surface area contributed by atoms with Crippen LogP contribution in [-0.4, -0.2) is 6.29 Å². The molecule has 0 rings (SSSR count). The summed E-state index contributed by atoms with van der Waals surface area (Å²) in [6.07, 6.45) is 12.4. The predicted octanol–water partition coefficient (Wildman–Crippen LogP) is 4.46. The molecule has 16 heavy (non-hydrogen) atoms. The van der Waals surface area contributed by atoms with Crippen molar-refractivity contribution in [1.29, 1.82) is 0 Å². The third-order valence-electron chi connectivity index (χ3n) is 2.43. The van der Waals surface area contributed by atoms with Crippen molar-refractivity contribution in [3.05, 3.63) is 35.5 Å². The fourth-order valence-electron chi connectivity index (χ4n) is 1.40. The summed E-state index contributed by atoms with van der Waals surface area (Å²) >= 11 is 0. The van der Waals surface area contributed by atoms with E-state index in [-0.39, 0.29) is 0 Å². The highest BCUT2D eigenvalue weighted by Gasteiger charge is 1.94. The Labute approximate surface area is 99.9 Å². The van der Waals surface area contributed by atoms with Crippen LogP contribution in [0.5, 0.6) is 0 Å². The lowest BCUT2D eigenvalue weighted by molar-refractivity contribution is -0.104. The van der Waals surface area contributed by atoms with Crippen LogP contribution in [0.1, 0.15) is 47.0 Å². The normalized spacial score (nSPS) is 13.9. The lowest BCUT2D eigenvalue weighted by Gasteiger charge is -2.03. The van der Waals surface area contributed by atoms with E-state index in [9.17, 15) is 4.79 Å². The second-order valence-corrected chi connectivity index (χ2v) is 4.62. The molecule has 0 saturated carbocycles. The van der Waals surface area contributed by atoms with Gasteiger partial charge in [-0.3, -0.25) is 4.79 Å². The molecular weight excluding hydrogens is 196 g/mol. The average Bonchev–Trinajstić information content (AvgIpc) is 2.17. The summed E-state index contributed by atoms with van der Waals surface area (Å²) in [6.45, 7) is 8.48. The molecular formula is C15H24O. The Kier molecular flexibility index (Phi) is 8.51. The fourth-order valence-corrected chi connectivity index (χ4v) is 1.40. The predicted molar refractivity (Wildman–Crippen MR) is 71.4 cm³/mol. The number of allylic oxidation sites excluding steroid dienone is 6. The highest BCUT2D eigenvalue weighted by molar-refractivity contribution is 5.65. The molecule has 0 aliphatic heterocycles. The van der Waals surface area contributed by atoms with Crippen molar-refractivity contribution in [3.63, 3.8) is 0 Å². The molecule has 0 radical (unpaired) electrons. The molecule has 1 atom stereocenters. The van der Waals surface area contributed by atoms with Crippen LogP contribution >= 0.6 is 0 Å². The van der Waals surface area contributed by atoms with Crippen molar-refractivity contribution in [2.75, 3.05) is 0 Å². The lowest BCUT2D eigenvalue weighted by Crippen LogP contribution is -1.88. The van der Waals surface area contributed by atoms with Crippen molar-refractivity contribution in [3.8, 4) is 0 Å². The van der Waals surface area contributed by atoms with E-state index in [1.807, 2.05) is 6.92 Å². The van der Waals surface area contributed by atoms with Gasteiger partial charge in [-0.15, -0.1) is 0 Å². The SMILES string of the molecule is CC(C)=CCCC(C)/C=C/C/C(C)=C/C=O. The first kappa shape index (κ1) is 14.9. The van der Waals surface area contributed by atoms with Crippen LogP contribution in [0, 0.1) is 5.92 Å². The number of aldehydes is 1. The van der Waals surface area contributed by atoms with Crippen LogP contribution < -0.4 is 0 Å². The van der Waals surface area contributed by atoms with E-state index in [0.29, 0.717) is 5.92 Å². The van der Waals surface area contributed by atoms with Crippen LogP contribution in [0.3, 0.4) is 0 Å². The maximum atomic E-state index is 10.2. The number of rotatable bonds is 7. The van der Waals surface area contributed by atoms with Crippen LogP contribution in [0.15, 0.2) is 35.5 Å².